The van der Waals surface area contributed by atoms with Gasteiger partial charge >= 0.3 is 0 Å². The number of pyridine rings is 2. The smallest absolute Gasteiger partial charge is 0.280 e. The third-order valence-corrected chi connectivity index (χ3v) is 7.71. The highest BCUT2D eigenvalue weighted by Gasteiger charge is 2.36. The molecule has 0 saturated heterocycles. The first kappa shape index (κ1) is 19.0. The van der Waals surface area contributed by atoms with Gasteiger partial charge in [-0.2, -0.15) is 0 Å². The quantitative estimate of drug-likeness (QED) is 0.639. The summed E-state index contributed by atoms with van der Waals surface area (Å²) < 4.78 is 24.7. The van der Waals surface area contributed by atoms with Crippen molar-refractivity contribution in [1.29, 1.82) is 0 Å². The summed E-state index contributed by atoms with van der Waals surface area (Å²) in [6.07, 6.45) is 7.62. The van der Waals surface area contributed by atoms with E-state index >= 15 is 0 Å². The second-order valence-corrected chi connectivity index (χ2v) is 10.0. The zero-order chi connectivity index (χ0) is 19.7. The van der Waals surface area contributed by atoms with Crippen molar-refractivity contribution >= 4 is 38.7 Å². The molecular formula is C18H15ClN4O3S2. The van der Waals surface area contributed by atoms with Crippen molar-refractivity contribution in [3.63, 3.8) is 0 Å². The van der Waals surface area contributed by atoms with E-state index in [1.807, 2.05) is 0 Å². The lowest BCUT2D eigenvalue weighted by Crippen LogP contribution is -2.23. The van der Waals surface area contributed by atoms with Crippen LogP contribution in [0.15, 0.2) is 47.9 Å². The molecule has 28 heavy (non-hydrogen) atoms. The average molecular weight is 435 g/mol. The maximum absolute atomic E-state index is 12.4. The Morgan fingerprint density at radius 1 is 1.21 bits per heavy atom. The predicted octanol–water partition coefficient (Wildman–Crippen LogP) is 3.12. The topological polar surface area (TPSA) is 102 Å². The fourth-order valence-electron chi connectivity index (χ4n) is 2.61. The predicted molar refractivity (Wildman–Crippen MR) is 106 cm³/mol. The van der Waals surface area contributed by atoms with Crippen molar-refractivity contribution in [3.05, 3.63) is 58.7 Å². The highest BCUT2D eigenvalue weighted by atomic mass is 35.5. The van der Waals surface area contributed by atoms with Gasteiger partial charge in [0.05, 0.1) is 32.3 Å². The van der Waals surface area contributed by atoms with Crippen LogP contribution in [0, 0.1) is 0 Å². The number of rotatable bonds is 6. The number of carbonyl (C=O) groups excluding carboxylic acids is 1. The Morgan fingerprint density at radius 2 is 2.04 bits per heavy atom. The van der Waals surface area contributed by atoms with Gasteiger partial charge in [0.1, 0.15) is 0 Å². The molecular weight excluding hydrogens is 420 g/mol. The van der Waals surface area contributed by atoms with Crippen LogP contribution in [0.2, 0.25) is 5.02 Å². The molecule has 0 aliphatic heterocycles. The van der Waals surface area contributed by atoms with Crippen LogP contribution in [0.4, 0.5) is 0 Å². The van der Waals surface area contributed by atoms with Gasteiger partial charge in [0.25, 0.3) is 5.91 Å². The summed E-state index contributed by atoms with van der Waals surface area (Å²) in [5.74, 6) is -0.358. The number of thiazole rings is 1. The second kappa shape index (κ2) is 7.57. The van der Waals surface area contributed by atoms with E-state index in [0.29, 0.717) is 23.6 Å². The van der Waals surface area contributed by atoms with Crippen LogP contribution in [-0.4, -0.2) is 34.5 Å². The fraction of sp³-hybridized carbons (Fsp3) is 0.222. The number of amides is 1. The van der Waals surface area contributed by atoms with E-state index in [2.05, 4.69) is 20.3 Å². The van der Waals surface area contributed by atoms with Crippen LogP contribution >= 0.6 is 22.9 Å². The van der Waals surface area contributed by atoms with Crippen LogP contribution < -0.4 is 5.32 Å². The molecule has 1 aliphatic rings. The van der Waals surface area contributed by atoms with Crippen LogP contribution in [0.3, 0.4) is 0 Å². The summed E-state index contributed by atoms with van der Waals surface area (Å²) in [4.78, 5) is 25.7. The van der Waals surface area contributed by atoms with Gasteiger partial charge in [-0.15, -0.1) is 11.3 Å². The summed E-state index contributed by atoms with van der Waals surface area (Å²) in [6.45, 7) is 0.112. The van der Waals surface area contributed by atoms with Gasteiger partial charge in [-0.3, -0.25) is 14.8 Å². The number of hydrogen-bond acceptors (Lipinski definition) is 7. The van der Waals surface area contributed by atoms with E-state index in [9.17, 15) is 13.2 Å². The molecule has 4 rings (SSSR count). The number of sulfone groups is 1. The van der Waals surface area contributed by atoms with Crippen molar-refractivity contribution in [2.75, 3.05) is 0 Å². The molecule has 3 aromatic rings. The molecule has 3 heterocycles. The largest absolute Gasteiger partial charge is 0.344 e. The Morgan fingerprint density at radius 3 is 2.79 bits per heavy atom. The molecule has 0 spiro atoms. The molecule has 1 aliphatic carbocycles. The van der Waals surface area contributed by atoms with Crippen LogP contribution in [0.5, 0.6) is 0 Å². The number of hydrogen-bond donors (Lipinski definition) is 1. The fourth-order valence-corrected chi connectivity index (χ4v) is 5.29. The molecule has 0 aromatic carbocycles. The summed E-state index contributed by atoms with van der Waals surface area (Å²) in [6, 6.07) is 4.75. The van der Waals surface area contributed by atoms with E-state index in [4.69, 9.17) is 11.6 Å². The third kappa shape index (κ3) is 4.06. The Kier molecular flexibility index (Phi) is 5.13. The SMILES string of the molecule is O=C(NCc1cc(S(=O)(=O)C2CC2)ccn1)c1ncc(-c2cncc(Cl)c2)s1. The average Bonchev–Trinajstić information content (AvgIpc) is 3.44. The Balaban J connectivity index is 1.44. The van der Waals surface area contributed by atoms with E-state index in [0.717, 1.165) is 10.4 Å². The van der Waals surface area contributed by atoms with Gasteiger partial charge in [-0.1, -0.05) is 11.6 Å². The molecule has 0 radical (unpaired) electrons. The monoisotopic (exact) mass is 434 g/mol. The zero-order valence-electron chi connectivity index (χ0n) is 14.5. The molecule has 0 atom stereocenters. The molecule has 1 saturated carbocycles. The lowest BCUT2D eigenvalue weighted by Gasteiger charge is -2.06. The zero-order valence-corrected chi connectivity index (χ0v) is 16.9. The van der Waals surface area contributed by atoms with Crippen molar-refractivity contribution in [1.82, 2.24) is 20.3 Å². The number of nitrogens with zero attached hydrogens (tertiary/aromatic N) is 3. The molecule has 7 nitrogen and oxygen atoms in total. The van der Waals surface area contributed by atoms with Gasteiger partial charge < -0.3 is 5.32 Å². The molecule has 1 amide bonds. The number of aromatic nitrogens is 3. The number of halogens is 1. The normalized spacial score (nSPS) is 14.0. The molecule has 0 bridgehead atoms. The molecule has 1 fully saturated rings. The highest BCUT2D eigenvalue weighted by Crippen LogP contribution is 2.33. The maximum Gasteiger partial charge on any atom is 0.280 e. The minimum atomic E-state index is -3.29. The minimum Gasteiger partial charge on any atom is -0.344 e. The Labute approximate surface area is 170 Å². The standard InChI is InChI=1S/C18H15ClN4O3S2/c19-12-5-11(7-20-8-12)16-10-23-18(27-16)17(24)22-9-13-6-15(3-4-21-13)28(25,26)14-1-2-14/h3-8,10,14H,1-2,9H2,(H,22,24). The van der Waals surface area contributed by atoms with Gasteiger partial charge in [0, 0.05) is 30.4 Å². The van der Waals surface area contributed by atoms with E-state index in [-0.39, 0.29) is 27.6 Å². The second-order valence-electron chi connectivity index (χ2n) is 6.33. The van der Waals surface area contributed by atoms with Gasteiger partial charge in [-0.05, 0) is 31.0 Å². The lowest BCUT2D eigenvalue weighted by atomic mass is 10.2. The Hall–Kier alpha value is -2.36. The van der Waals surface area contributed by atoms with E-state index in [1.165, 1.54) is 35.9 Å². The summed E-state index contributed by atoms with van der Waals surface area (Å²) in [5.41, 5.74) is 1.26. The summed E-state index contributed by atoms with van der Waals surface area (Å²) in [7, 11) is -3.29. The molecule has 10 heteroatoms. The minimum absolute atomic E-state index is 0.112. The number of carbonyl (C=O) groups is 1. The first-order valence-corrected chi connectivity index (χ1v) is 11.2. The van der Waals surface area contributed by atoms with E-state index < -0.39 is 9.84 Å². The lowest BCUT2D eigenvalue weighted by molar-refractivity contribution is 0.0950. The third-order valence-electron chi connectivity index (χ3n) is 4.20. The first-order chi connectivity index (χ1) is 13.4. The maximum atomic E-state index is 12.4. The first-order valence-electron chi connectivity index (χ1n) is 8.47. The van der Waals surface area contributed by atoms with Crippen molar-refractivity contribution < 1.29 is 13.2 Å². The highest BCUT2D eigenvalue weighted by molar-refractivity contribution is 7.92. The molecule has 3 aromatic heterocycles. The van der Waals surface area contributed by atoms with Gasteiger partial charge in [0.2, 0.25) is 0 Å². The van der Waals surface area contributed by atoms with Gasteiger partial charge in [0.15, 0.2) is 14.8 Å². The molecule has 1 N–H and O–H groups in total. The summed E-state index contributed by atoms with van der Waals surface area (Å²) in [5, 5.41) is 3.23. The molecule has 144 valence electrons. The van der Waals surface area contributed by atoms with E-state index in [1.54, 1.807) is 18.5 Å². The van der Waals surface area contributed by atoms with Crippen LogP contribution in [-0.2, 0) is 16.4 Å². The van der Waals surface area contributed by atoms with Crippen LogP contribution in [0.25, 0.3) is 10.4 Å². The van der Waals surface area contributed by atoms with Crippen LogP contribution in [0.1, 0.15) is 28.3 Å². The summed E-state index contributed by atoms with van der Waals surface area (Å²) >= 11 is 7.16. The Bertz CT molecular complexity index is 1140. The van der Waals surface area contributed by atoms with Crippen molar-refractivity contribution in [2.24, 2.45) is 0 Å². The number of nitrogens with one attached hydrogen (secondary N) is 1. The van der Waals surface area contributed by atoms with Gasteiger partial charge in [-0.25, -0.2) is 13.4 Å². The molecule has 0 unspecified atom stereocenters. The van der Waals surface area contributed by atoms with Crippen molar-refractivity contribution in [3.8, 4) is 10.4 Å². The van der Waals surface area contributed by atoms with Crippen molar-refractivity contribution in [2.45, 2.75) is 29.5 Å².